The maximum Gasteiger partial charge on any atom is 0.416 e. The summed E-state index contributed by atoms with van der Waals surface area (Å²) in [6, 6.07) is 12.5. The van der Waals surface area contributed by atoms with E-state index >= 15 is 0 Å². The van der Waals surface area contributed by atoms with E-state index in [-0.39, 0.29) is 0 Å². The molecular weight excluding hydrogens is 309 g/mol. The lowest BCUT2D eigenvalue weighted by molar-refractivity contribution is -0.137. The Balaban J connectivity index is 1.99. The number of rotatable bonds is 3. The van der Waals surface area contributed by atoms with Gasteiger partial charge < -0.3 is 10.6 Å². The normalized spacial score (nSPS) is 11.1. The first-order valence-electron chi connectivity index (χ1n) is 6.72. The van der Waals surface area contributed by atoms with Crippen molar-refractivity contribution in [1.29, 1.82) is 0 Å². The Bertz CT molecular complexity index is 651. The van der Waals surface area contributed by atoms with E-state index in [9.17, 15) is 13.2 Å². The third-order valence-electron chi connectivity index (χ3n) is 3.06. The molecule has 2 aromatic carbocycles. The van der Waals surface area contributed by atoms with Crippen molar-refractivity contribution in [2.45, 2.75) is 19.5 Å². The van der Waals surface area contributed by atoms with Gasteiger partial charge in [-0.05, 0) is 60.6 Å². The Morgan fingerprint density at radius 3 is 2.23 bits per heavy atom. The number of aryl methyl sites for hydroxylation is 1. The molecule has 2 rings (SSSR count). The first kappa shape index (κ1) is 16.3. The van der Waals surface area contributed by atoms with Crippen LogP contribution in [-0.2, 0) is 12.6 Å². The molecule has 0 radical (unpaired) electrons. The van der Waals surface area contributed by atoms with Crippen molar-refractivity contribution in [1.82, 2.24) is 0 Å². The predicted octanol–water partition coefficient (Wildman–Crippen LogP) is 5.08. The van der Waals surface area contributed by atoms with Gasteiger partial charge in [0.15, 0.2) is 5.11 Å². The summed E-state index contributed by atoms with van der Waals surface area (Å²) in [5.41, 5.74) is 1.82. The minimum Gasteiger partial charge on any atom is -0.332 e. The van der Waals surface area contributed by atoms with Crippen LogP contribution in [0.25, 0.3) is 0 Å². The third-order valence-corrected chi connectivity index (χ3v) is 3.27. The van der Waals surface area contributed by atoms with Gasteiger partial charge in [-0.2, -0.15) is 13.2 Å². The summed E-state index contributed by atoms with van der Waals surface area (Å²) < 4.78 is 37.4. The van der Waals surface area contributed by atoms with Gasteiger partial charge in [0, 0.05) is 11.4 Å². The van der Waals surface area contributed by atoms with Gasteiger partial charge in [-0.1, -0.05) is 19.1 Å². The van der Waals surface area contributed by atoms with Gasteiger partial charge in [-0.15, -0.1) is 0 Å². The maximum atomic E-state index is 12.5. The van der Waals surface area contributed by atoms with Crippen molar-refractivity contribution in [2.75, 3.05) is 10.6 Å². The van der Waals surface area contributed by atoms with Gasteiger partial charge in [0.1, 0.15) is 0 Å². The lowest BCUT2D eigenvalue weighted by Crippen LogP contribution is -2.19. The zero-order chi connectivity index (χ0) is 16.2. The molecule has 0 saturated heterocycles. The Hall–Kier alpha value is -2.08. The molecule has 2 aromatic rings. The first-order valence-corrected chi connectivity index (χ1v) is 7.13. The van der Waals surface area contributed by atoms with Crippen LogP contribution in [0, 0.1) is 0 Å². The number of halogens is 3. The second-order valence-electron chi connectivity index (χ2n) is 4.71. The number of benzene rings is 2. The number of alkyl halides is 3. The lowest BCUT2D eigenvalue weighted by Gasteiger charge is -2.12. The third kappa shape index (κ3) is 4.46. The zero-order valence-electron chi connectivity index (χ0n) is 11.9. The van der Waals surface area contributed by atoms with E-state index in [4.69, 9.17) is 12.2 Å². The number of hydrogen-bond donors (Lipinski definition) is 2. The van der Waals surface area contributed by atoms with Crippen LogP contribution in [0.15, 0.2) is 48.5 Å². The minimum atomic E-state index is -4.34. The molecule has 0 bridgehead atoms. The number of thiocarbonyl (C=S) groups is 1. The SMILES string of the molecule is CCc1cccc(NC(=S)Nc2ccc(C(F)(F)F)cc2)c1. The highest BCUT2D eigenvalue weighted by molar-refractivity contribution is 7.80. The number of hydrogen-bond acceptors (Lipinski definition) is 1. The molecule has 116 valence electrons. The van der Waals surface area contributed by atoms with Crippen LogP contribution in [0.1, 0.15) is 18.1 Å². The molecule has 22 heavy (non-hydrogen) atoms. The van der Waals surface area contributed by atoms with E-state index in [1.165, 1.54) is 17.7 Å². The lowest BCUT2D eigenvalue weighted by atomic mass is 10.1. The summed E-state index contributed by atoms with van der Waals surface area (Å²) in [7, 11) is 0. The molecule has 0 aliphatic carbocycles. The van der Waals surface area contributed by atoms with E-state index in [1.807, 2.05) is 24.3 Å². The Labute approximate surface area is 132 Å². The molecule has 2 N–H and O–H groups in total. The van der Waals surface area contributed by atoms with Gasteiger partial charge in [0.05, 0.1) is 5.56 Å². The molecule has 0 aromatic heterocycles. The number of nitrogens with one attached hydrogen (secondary N) is 2. The van der Waals surface area contributed by atoms with E-state index in [0.29, 0.717) is 10.8 Å². The molecular formula is C16H15F3N2S. The van der Waals surface area contributed by atoms with Crippen molar-refractivity contribution < 1.29 is 13.2 Å². The average molecular weight is 324 g/mol. The Kier molecular flexibility index (Phi) is 5.03. The zero-order valence-corrected chi connectivity index (χ0v) is 12.7. The fraction of sp³-hybridized carbons (Fsp3) is 0.188. The predicted molar refractivity (Wildman–Crippen MR) is 87.1 cm³/mol. The molecule has 0 aliphatic heterocycles. The van der Waals surface area contributed by atoms with Crippen LogP contribution in [-0.4, -0.2) is 5.11 Å². The quantitative estimate of drug-likeness (QED) is 0.770. The molecule has 0 amide bonds. The van der Waals surface area contributed by atoms with Crippen molar-refractivity contribution in [3.05, 3.63) is 59.7 Å². The summed E-state index contributed by atoms with van der Waals surface area (Å²) in [4.78, 5) is 0. The molecule has 6 heteroatoms. The molecule has 0 aliphatic rings. The van der Waals surface area contributed by atoms with Crippen LogP contribution in [0.4, 0.5) is 24.5 Å². The molecule has 0 spiro atoms. The fourth-order valence-electron chi connectivity index (χ4n) is 1.90. The molecule has 0 atom stereocenters. The second-order valence-corrected chi connectivity index (χ2v) is 5.12. The topological polar surface area (TPSA) is 24.1 Å². The highest BCUT2D eigenvalue weighted by Crippen LogP contribution is 2.29. The molecule has 0 fully saturated rings. The van der Waals surface area contributed by atoms with Crippen LogP contribution < -0.4 is 10.6 Å². The van der Waals surface area contributed by atoms with Gasteiger partial charge in [0.25, 0.3) is 0 Å². The van der Waals surface area contributed by atoms with E-state index in [0.717, 1.165) is 24.2 Å². The highest BCUT2D eigenvalue weighted by atomic mass is 32.1. The fourth-order valence-corrected chi connectivity index (χ4v) is 2.14. The summed E-state index contributed by atoms with van der Waals surface area (Å²) in [6.45, 7) is 2.05. The second kappa shape index (κ2) is 6.79. The summed E-state index contributed by atoms with van der Waals surface area (Å²) in [5, 5.41) is 6.19. The standard InChI is InChI=1S/C16H15F3N2S/c1-2-11-4-3-5-14(10-11)21-15(22)20-13-8-6-12(7-9-13)16(17,18)19/h3-10H,2H2,1H3,(H2,20,21,22). The first-order chi connectivity index (χ1) is 10.4. The van der Waals surface area contributed by atoms with Crippen LogP contribution in [0.5, 0.6) is 0 Å². The van der Waals surface area contributed by atoms with E-state index in [2.05, 4.69) is 17.6 Å². The van der Waals surface area contributed by atoms with Crippen molar-refractivity contribution in [2.24, 2.45) is 0 Å². The van der Waals surface area contributed by atoms with Crippen LogP contribution in [0.2, 0.25) is 0 Å². The summed E-state index contributed by atoms with van der Waals surface area (Å²) in [6.07, 6.45) is -3.42. The van der Waals surface area contributed by atoms with Gasteiger partial charge >= 0.3 is 6.18 Å². The smallest absolute Gasteiger partial charge is 0.332 e. The molecule has 2 nitrogen and oxygen atoms in total. The maximum absolute atomic E-state index is 12.5. The van der Waals surface area contributed by atoms with Crippen molar-refractivity contribution >= 4 is 28.7 Å². The monoisotopic (exact) mass is 324 g/mol. The van der Waals surface area contributed by atoms with Crippen LogP contribution >= 0.6 is 12.2 Å². The molecule has 0 heterocycles. The average Bonchev–Trinajstić information content (AvgIpc) is 2.47. The van der Waals surface area contributed by atoms with Gasteiger partial charge in [-0.3, -0.25) is 0 Å². The summed E-state index contributed by atoms with van der Waals surface area (Å²) in [5.74, 6) is 0. The Morgan fingerprint density at radius 2 is 1.64 bits per heavy atom. The molecule has 0 unspecified atom stereocenters. The highest BCUT2D eigenvalue weighted by Gasteiger charge is 2.29. The molecule has 0 saturated carbocycles. The van der Waals surface area contributed by atoms with Crippen molar-refractivity contribution in [3.63, 3.8) is 0 Å². The largest absolute Gasteiger partial charge is 0.416 e. The van der Waals surface area contributed by atoms with Gasteiger partial charge in [-0.25, -0.2) is 0 Å². The number of anilines is 2. The minimum absolute atomic E-state index is 0.327. The van der Waals surface area contributed by atoms with Crippen LogP contribution in [0.3, 0.4) is 0 Å². The van der Waals surface area contributed by atoms with E-state index in [1.54, 1.807) is 0 Å². The Morgan fingerprint density at radius 1 is 1.00 bits per heavy atom. The van der Waals surface area contributed by atoms with E-state index < -0.39 is 11.7 Å². The van der Waals surface area contributed by atoms with Crippen molar-refractivity contribution in [3.8, 4) is 0 Å². The summed E-state index contributed by atoms with van der Waals surface area (Å²) >= 11 is 5.16. The van der Waals surface area contributed by atoms with Gasteiger partial charge in [0.2, 0.25) is 0 Å².